The van der Waals surface area contributed by atoms with Gasteiger partial charge < -0.3 is 10.0 Å². The van der Waals surface area contributed by atoms with Gasteiger partial charge >= 0.3 is 0 Å². The molecule has 120 valence electrons. The SMILES string of the molecule is O=C(c1ccccc1)N1CCN([C@H]2CS(=O)(=O)C[C@@H]2O)CC1. The van der Waals surface area contributed by atoms with E-state index in [2.05, 4.69) is 0 Å². The Bertz CT molecular complexity index is 639. The summed E-state index contributed by atoms with van der Waals surface area (Å²) in [6.45, 7) is 2.29. The van der Waals surface area contributed by atoms with Gasteiger partial charge in [0.25, 0.3) is 5.91 Å². The van der Waals surface area contributed by atoms with Crippen LogP contribution in [0.3, 0.4) is 0 Å². The summed E-state index contributed by atoms with van der Waals surface area (Å²) in [5.74, 6) is -0.137. The molecule has 2 heterocycles. The zero-order valence-electron chi connectivity index (χ0n) is 12.3. The third kappa shape index (κ3) is 3.16. The topological polar surface area (TPSA) is 77.9 Å². The van der Waals surface area contributed by atoms with Crippen LogP contribution in [0.2, 0.25) is 0 Å². The monoisotopic (exact) mass is 324 g/mol. The predicted octanol–water partition coefficient (Wildman–Crippen LogP) is -0.398. The van der Waals surface area contributed by atoms with Crippen molar-refractivity contribution >= 4 is 15.7 Å². The second kappa shape index (κ2) is 5.98. The van der Waals surface area contributed by atoms with E-state index in [1.165, 1.54) is 0 Å². The number of hydrogen-bond donors (Lipinski definition) is 1. The first-order valence-electron chi connectivity index (χ1n) is 7.43. The van der Waals surface area contributed by atoms with Gasteiger partial charge in [0.05, 0.1) is 23.7 Å². The van der Waals surface area contributed by atoms with Crippen LogP contribution in [-0.4, -0.2) is 79.1 Å². The van der Waals surface area contributed by atoms with Crippen LogP contribution in [0.1, 0.15) is 10.4 Å². The summed E-state index contributed by atoms with van der Waals surface area (Å²) >= 11 is 0. The van der Waals surface area contributed by atoms with Gasteiger partial charge in [-0.3, -0.25) is 9.69 Å². The number of nitrogens with zero attached hydrogens (tertiary/aromatic N) is 2. The fourth-order valence-corrected chi connectivity index (χ4v) is 5.01. The molecule has 1 aromatic rings. The maximum absolute atomic E-state index is 12.4. The highest BCUT2D eigenvalue weighted by Crippen LogP contribution is 2.20. The lowest BCUT2D eigenvalue weighted by atomic mass is 10.1. The lowest BCUT2D eigenvalue weighted by Gasteiger charge is -2.38. The van der Waals surface area contributed by atoms with E-state index in [9.17, 15) is 18.3 Å². The highest BCUT2D eigenvalue weighted by Gasteiger charge is 2.41. The largest absolute Gasteiger partial charge is 0.390 e. The van der Waals surface area contributed by atoms with Gasteiger partial charge in [0.2, 0.25) is 0 Å². The summed E-state index contributed by atoms with van der Waals surface area (Å²) in [7, 11) is -3.14. The Morgan fingerprint density at radius 1 is 1.05 bits per heavy atom. The second-order valence-electron chi connectivity index (χ2n) is 5.91. The van der Waals surface area contributed by atoms with Crippen LogP contribution in [0.5, 0.6) is 0 Å². The molecule has 0 aliphatic carbocycles. The number of sulfone groups is 1. The van der Waals surface area contributed by atoms with Gasteiger partial charge in [-0.15, -0.1) is 0 Å². The van der Waals surface area contributed by atoms with Crippen LogP contribution in [0, 0.1) is 0 Å². The van der Waals surface area contributed by atoms with Crippen molar-refractivity contribution in [1.29, 1.82) is 0 Å². The fourth-order valence-electron chi connectivity index (χ4n) is 3.18. The highest BCUT2D eigenvalue weighted by molar-refractivity contribution is 7.91. The van der Waals surface area contributed by atoms with Gasteiger partial charge in [-0.25, -0.2) is 8.42 Å². The molecule has 2 saturated heterocycles. The molecule has 0 radical (unpaired) electrons. The Balaban J connectivity index is 1.60. The van der Waals surface area contributed by atoms with Gasteiger partial charge in [-0.2, -0.15) is 0 Å². The quantitative estimate of drug-likeness (QED) is 0.801. The molecule has 22 heavy (non-hydrogen) atoms. The normalized spacial score (nSPS) is 28.7. The van der Waals surface area contributed by atoms with Crippen LogP contribution in [0.15, 0.2) is 30.3 Å². The summed E-state index contributed by atoms with van der Waals surface area (Å²) < 4.78 is 23.2. The van der Waals surface area contributed by atoms with Crippen molar-refractivity contribution in [2.45, 2.75) is 12.1 Å². The number of hydrogen-bond acceptors (Lipinski definition) is 5. The van der Waals surface area contributed by atoms with E-state index < -0.39 is 15.9 Å². The molecule has 0 bridgehead atoms. The molecular weight excluding hydrogens is 304 g/mol. The van der Waals surface area contributed by atoms with Crippen LogP contribution < -0.4 is 0 Å². The third-order valence-corrected chi connectivity index (χ3v) is 6.08. The number of carbonyl (C=O) groups is 1. The van der Waals surface area contributed by atoms with Gasteiger partial charge in [-0.1, -0.05) is 18.2 Å². The second-order valence-corrected chi connectivity index (χ2v) is 8.06. The lowest BCUT2D eigenvalue weighted by molar-refractivity contribution is 0.0376. The Labute approximate surface area is 130 Å². The average molecular weight is 324 g/mol. The van der Waals surface area contributed by atoms with E-state index in [4.69, 9.17) is 0 Å². The summed E-state index contributed by atoms with van der Waals surface area (Å²) in [4.78, 5) is 16.1. The molecule has 2 fully saturated rings. The Kier molecular flexibility index (Phi) is 4.20. The van der Waals surface area contributed by atoms with Crippen LogP contribution in [0.4, 0.5) is 0 Å². The number of piperazine rings is 1. The molecule has 0 saturated carbocycles. The van der Waals surface area contributed by atoms with E-state index in [0.29, 0.717) is 31.7 Å². The molecule has 0 spiro atoms. The summed E-state index contributed by atoms with van der Waals surface area (Å²) in [5.41, 5.74) is 0.666. The van der Waals surface area contributed by atoms with Crippen LogP contribution in [0.25, 0.3) is 0 Å². The van der Waals surface area contributed by atoms with E-state index in [-0.39, 0.29) is 23.5 Å². The number of aliphatic hydroxyl groups excluding tert-OH is 1. The van der Waals surface area contributed by atoms with Crippen LogP contribution in [-0.2, 0) is 9.84 Å². The maximum atomic E-state index is 12.4. The molecule has 0 unspecified atom stereocenters. The number of carbonyl (C=O) groups excluding carboxylic acids is 1. The molecule has 1 N–H and O–H groups in total. The van der Waals surface area contributed by atoms with Crippen molar-refractivity contribution in [3.8, 4) is 0 Å². The Morgan fingerprint density at radius 3 is 2.23 bits per heavy atom. The standard InChI is InChI=1S/C15H20N2O4S/c18-14-11-22(20,21)10-13(14)16-6-8-17(9-7-16)15(19)12-4-2-1-3-5-12/h1-5,13-14,18H,6-11H2/t13-,14-/m0/s1. The van der Waals surface area contributed by atoms with Gasteiger partial charge in [0, 0.05) is 31.7 Å². The number of aliphatic hydroxyl groups is 1. The van der Waals surface area contributed by atoms with Crippen molar-refractivity contribution in [2.24, 2.45) is 0 Å². The van der Waals surface area contributed by atoms with Gasteiger partial charge in [-0.05, 0) is 12.1 Å². The van der Waals surface area contributed by atoms with Crippen molar-refractivity contribution in [2.75, 3.05) is 37.7 Å². The van der Waals surface area contributed by atoms with Crippen molar-refractivity contribution in [1.82, 2.24) is 9.80 Å². The first-order chi connectivity index (χ1) is 10.5. The molecule has 6 nitrogen and oxygen atoms in total. The summed E-state index contributed by atoms with van der Waals surface area (Å²) in [6.07, 6.45) is -0.818. The van der Waals surface area contributed by atoms with E-state index in [0.717, 1.165) is 0 Å². The van der Waals surface area contributed by atoms with E-state index in [1.807, 2.05) is 23.1 Å². The Hall–Kier alpha value is -1.44. The zero-order chi connectivity index (χ0) is 15.7. The molecular formula is C15H20N2O4S. The maximum Gasteiger partial charge on any atom is 0.253 e. The average Bonchev–Trinajstić information content (AvgIpc) is 2.80. The molecule has 2 aliphatic rings. The van der Waals surface area contributed by atoms with E-state index in [1.54, 1.807) is 17.0 Å². The first-order valence-corrected chi connectivity index (χ1v) is 9.25. The number of amides is 1. The smallest absolute Gasteiger partial charge is 0.253 e. The molecule has 1 amide bonds. The molecule has 1 aromatic carbocycles. The first kappa shape index (κ1) is 15.5. The third-order valence-electron chi connectivity index (χ3n) is 4.38. The summed E-state index contributed by atoms with van der Waals surface area (Å²) in [6, 6.07) is 8.80. The summed E-state index contributed by atoms with van der Waals surface area (Å²) in [5, 5.41) is 9.93. The minimum Gasteiger partial charge on any atom is -0.390 e. The highest BCUT2D eigenvalue weighted by atomic mass is 32.2. The molecule has 3 rings (SSSR count). The number of rotatable bonds is 2. The van der Waals surface area contributed by atoms with Crippen molar-refractivity contribution < 1.29 is 18.3 Å². The number of benzene rings is 1. The predicted molar refractivity (Wildman–Crippen MR) is 82.4 cm³/mol. The lowest BCUT2D eigenvalue weighted by Crippen LogP contribution is -2.54. The van der Waals surface area contributed by atoms with E-state index >= 15 is 0 Å². The van der Waals surface area contributed by atoms with Crippen molar-refractivity contribution in [3.63, 3.8) is 0 Å². The molecule has 7 heteroatoms. The minimum absolute atomic E-state index is 0.000146. The molecule has 2 aliphatic heterocycles. The molecule has 0 aromatic heterocycles. The minimum atomic E-state index is -3.14. The van der Waals surface area contributed by atoms with Gasteiger partial charge in [0.1, 0.15) is 0 Å². The molecule has 2 atom stereocenters. The van der Waals surface area contributed by atoms with Crippen molar-refractivity contribution in [3.05, 3.63) is 35.9 Å². The zero-order valence-corrected chi connectivity index (χ0v) is 13.1. The fraction of sp³-hybridized carbons (Fsp3) is 0.533. The van der Waals surface area contributed by atoms with Gasteiger partial charge in [0.15, 0.2) is 9.84 Å². The Morgan fingerprint density at radius 2 is 1.68 bits per heavy atom. The van der Waals surface area contributed by atoms with Crippen LogP contribution >= 0.6 is 0 Å².